The van der Waals surface area contributed by atoms with Crippen LogP contribution in [0, 0.1) is 0 Å². The monoisotopic (exact) mass is 380 g/mol. The van der Waals surface area contributed by atoms with Crippen molar-refractivity contribution in [2.24, 2.45) is 0 Å². The van der Waals surface area contributed by atoms with E-state index in [0.29, 0.717) is 17.4 Å². The number of amides is 1. The van der Waals surface area contributed by atoms with E-state index in [-0.39, 0.29) is 17.9 Å². The minimum atomic E-state index is -0.203. The Hall–Kier alpha value is -2.93. The molecule has 0 spiro atoms. The third-order valence-corrected chi connectivity index (χ3v) is 5.20. The van der Waals surface area contributed by atoms with Gasteiger partial charge in [-0.25, -0.2) is 0 Å². The van der Waals surface area contributed by atoms with Crippen molar-refractivity contribution in [2.75, 3.05) is 0 Å². The van der Waals surface area contributed by atoms with E-state index in [0.717, 1.165) is 15.8 Å². The fourth-order valence-electron chi connectivity index (χ4n) is 2.80. The number of thiophene rings is 1. The highest BCUT2D eigenvalue weighted by molar-refractivity contribution is 7.13. The van der Waals surface area contributed by atoms with E-state index < -0.39 is 0 Å². The molecule has 2 N–H and O–H groups in total. The number of carbonyl (C=O) groups excluding carboxylic acids is 1. The van der Waals surface area contributed by atoms with Crippen molar-refractivity contribution < 1.29 is 9.32 Å². The smallest absolute Gasteiger partial charge is 0.268 e. The van der Waals surface area contributed by atoms with Gasteiger partial charge in [0.15, 0.2) is 5.82 Å². The van der Waals surface area contributed by atoms with E-state index in [9.17, 15) is 4.79 Å². The number of carbonyl (C=O) groups is 1. The second-order valence-electron chi connectivity index (χ2n) is 7.41. The average molecular weight is 380 g/mol. The molecular weight excluding hydrogens is 360 g/mol. The van der Waals surface area contributed by atoms with Gasteiger partial charge in [0.05, 0.1) is 11.4 Å². The van der Waals surface area contributed by atoms with Crippen molar-refractivity contribution in [3.63, 3.8) is 0 Å². The maximum atomic E-state index is 12.5. The molecule has 3 heterocycles. The van der Waals surface area contributed by atoms with Crippen LogP contribution in [-0.4, -0.2) is 21.0 Å². The lowest BCUT2D eigenvalue weighted by atomic mass is 9.86. The molecule has 3 aromatic heterocycles. The Morgan fingerprint density at radius 2 is 2.11 bits per heavy atom. The van der Waals surface area contributed by atoms with Gasteiger partial charge in [0, 0.05) is 10.9 Å². The number of nitrogens with zero attached hydrogens (tertiary/aromatic N) is 2. The molecule has 1 amide bonds. The van der Waals surface area contributed by atoms with Gasteiger partial charge in [0.25, 0.3) is 11.8 Å². The molecular formula is C20H20N4O2S. The fraction of sp³-hybridized carbons (Fsp3) is 0.250. The molecule has 7 heteroatoms. The third kappa shape index (κ3) is 3.64. The maximum absolute atomic E-state index is 12.5. The van der Waals surface area contributed by atoms with Crippen LogP contribution in [0.15, 0.2) is 46.3 Å². The molecule has 0 saturated carbocycles. The lowest BCUT2D eigenvalue weighted by molar-refractivity contribution is 0.0945. The molecule has 6 nitrogen and oxygen atoms in total. The summed E-state index contributed by atoms with van der Waals surface area (Å²) in [5, 5.41) is 9.71. The molecule has 0 atom stereocenters. The maximum Gasteiger partial charge on any atom is 0.268 e. The summed E-state index contributed by atoms with van der Waals surface area (Å²) >= 11 is 1.53. The zero-order valence-corrected chi connectivity index (χ0v) is 16.2. The van der Waals surface area contributed by atoms with Gasteiger partial charge in [0.1, 0.15) is 5.69 Å². The first kappa shape index (κ1) is 17.5. The molecule has 0 fully saturated rings. The largest absolute Gasteiger partial charge is 0.351 e. The van der Waals surface area contributed by atoms with Gasteiger partial charge >= 0.3 is 0 Å². The van der Waals surface area contributed by atoms with Crippen LogP contribution in [0.25, 0.3) is 21.7 Å². The van der Waals surface area contributed by atoms with Crippen LogP contribution in [0.3, 0.4) is 0 Å². The molecule has 27 heavy (non-hydrogen) atoms. The van der Waals surface area contributed by atoms with Gasteiger partial charge in [-0.3, -0.25) is 4.79 Å². The number of benzene rings is 1. The van der Waals surface area contributed by atoms with E-state index in [2.05, 4.69) is 53.3 Å². The normalized spacial score (nSPS) is 11.8. The highest BCUT2D eigenvalue weighted by Gasteiger charge is 2.16. The molecule has 138 valence electrons. The van der Waals surface area contributed by atoms with Gasteiger partial charge < -0.3 is 14.8 Å². The summed E-state index contributed by atoms with van der Waals surface area (Å²) in [5.74, 6) is 0.707. The zero-order valence-electron chi connectivity index (χ0n) is 15.4. The first-order valence-corrected chi connectivity index (χ1v) is 9.56. The summed E-state index contributed by atoms with van der Waals surface area (Å²) in [4.78, 5) is 20.9. The van der Waals surface area contributed by atoms with Gasteiger partial charge in [0.2, 0.25) is 0 Å². The van der Waals surface area contributed by atoms with Crippen LogP contribution in [0.4, 0.5) is 0 Å². The van der Waals surface area contributed by atoms with Crippen molar-refractivity contribution in [3.8, 4) is 10.8 Å². The first-order chi connectivity index (χ1) is 12.9. The number of hydrogen-bond acceptors (Lipinski definition) is 5. The summed E-state index contributed by atoms with van der Waals surface area (Å²) in [6.07, 6.45) is 0. The highest BCUT2D eigenvalue weighted by Crippen LogP contribution is 2.26. The van der Waals surface area contributed by atoms with Crippen molar-refractivity contribution in [1.29, 1.82) is 0 Å². The minimum Gasteiger partial charge on any atom is -0.351 e. The summed E-state index contributed by atoms with van der Waals surface area (Å²) in [5.41, 5.74) is 2.74. The lowest BCUT2D eigenvalue weighted by Crippen LogP contribution is -2.23. The quantitative estimate of drug-likeness (QED) is 0.546. The minimum absolute atomic E-state index is 0.0623. The van der Waals surface area contributed by atoms with E-state index in [4.69, 9.17) is 4.52 Å². The van der Waals surface area contributed by atoms with Crippen LogP contribution in [-0.2, 0) is 12.0 Å². The Morgan fingerprint density at radius 1 is 1.26 bits per heavy atom. The molecule has 0 bridgehead atoms. The van der Waals surface area contributed by atoms with Crippen molar-refractivity contribution in [2.45, 2.75) is 32.7 Å². The second kappa shape index (κ2) is 6.66. The molecule has 0 saturated heterocycles. The average Bonchev–Trinajstić information content (AvgIpc) is 3.37. The van der Waals surface area contributed by atoms with Crippen LogP contribution in [0.2, 0.25) is 0 Å². The number of nitrogens with one attached hydrogen (secondary N) is 2. The number of aromatic amines is 1. The van der Waals surface area contributed by atoms with E-state index in [1.807, 2.05) is 29.6 Å². The Morgan fingerprint density at radius 3 is 2.85 bits per heavy atom. The highest BCUT2D eigenvalue weighted by atomic mass is 32.1. The number of rotatable bonds is 4. The number of aromatic nitrogens is 3. The number of fused-ring (bicyclic) bond motifs is 1. The Kier molecular flexibility index (Phi) is 4.31. The Labute approximate surface area is 160 Å². The predicted molar refractivity (Wildman–Crippen MR) is 106 cm³/mol. The molecule has 0 aliphatic carbocycles. The van der Waals surface area contributed by atoms with E-state index >= 15 is 0 Å². The summed E-state index contributed by atoms with van der Waals surface area (Å²) in [6, 6.07) is 11.9. The van der Waals surface area contributed by atoms with E-state index in [1.165, 1.54) is 16.9 Å². The standard InChI is InChI=1S/C20H20N4O2S/c1-20(2,3)13-6-7-14-12(9-13)10-15(22-14)18(25)21-11-17-23-19(26-24-17)16-5-4-8-27-16/h4-10,22H,11H2,1-3H3,(H,21,25). The van der Waals surface area contributed by atoms with Crippen molar-refractivity contribution >= 4 is 28.1 Å². The molecule has 0 aliphatic heterocycles. The topological polar surface area (TPSA) is 83.8 Å². The van der Waals surface area contributed by atoms with Crippen LogP contribution in [0.1, 0.15) is 42.6 Å². The first-order valence-electron chi connectivity index (χ1n) is 8.68. The fourth-order valence-corrected chi connectivity index (χ4v) is 3.45. The van der Waals surface area contributed by atoms with Gasteiger partial charge in [-0.15, -0.1) is 11.3 Å². The third-order valence-electron chi connectivity index (χ3n) is 4.34. The zero-order chi connectivity index (χ0) is 19.0. The van der Waals surface area contributed by atoms with Crippen molar-refractivity contribution in [3.05, 3.63) is 58.9 Å². The van der Waals surface area contributed by atoms with Crippen LogP contribution < -0.4 is 5.32 Å². The SMILES string of the molecule is CC(C)(C)c1ccc2[nH]c(C(=O)NCc3noc(-c4cccs4)n3)cc2c1. The van der Waals surface area contributed by atoms with Gasteiger partial charge in [-0.2, -0.15) is 4.98 Å². The van der Waals surface area contributed by atoms with E-state index in [1.54, 1.807) is 0 Å². The Bertz CT molecular complexity index is 1090. The number of hydrogen-bond donors (Lipinski definition) is 2. The van der Waals surface area contributed by atoms with Crippen molar-refractivity contribution in [1.82, 2.24) is 20.4 Å². The van der Waals surface area contributed by atoms with Crippen LogP contribution >= 0.6 is 11.3 Å². The second-order valence-corrected chi connectivity index (χ2v) is 8.36. The molecule has 4 rings (SSSR count). The molecule has 1 aromatic carbocycles. The summed E-state index contributed by atoms with van der Waals surface area (Å²) in [6.45, 7) is 6.72. The molecule has 0 unspecified atom stereocenters. The van der Waals surface area contributed by atoms with Crippen LogP contribution in [0.5, 0.6) is 0 Å². The summed E-state index contributed by atoms with van der Waals surface area (Å²) in [7, 11) is 0. The molecule has 0 radical (unpaired) electrons. The molecule has 4 aromatic rings. The Balaban J connectivity index is 1.47. The lowest BCUT2D eigenvalue weighted by Gasteiger charge is -2.18. The predicted octanol–water partition coefficient (Wildman–Crippen LogP) is 4.51. The molecule has 0 aliphatic rings. The van der Waals surface area contributed by atoms with Gasteiger partial charge in [-0.05, 0) is 40.6 Å². The summed E-state index contributed by atoms with van der Waals surface area (Å²) < 4.78 is 5.23. The number of H-pyrrole nitrogens is 1. The van der Waals surface area contributed by atoms with Gasteiger partial charge in [-0.1, -0.05) is 38.1 Å².